The van der Waals surface area contributed by atoms with Crippen LogP contribution in [0.1, 0.15) is 59.3 Å². The van der Waals surface area contributed by atoms with Gasteiger partial charge >= 0.3 is 0 Å². The van der Waals surface area contributed by atoms with Crippen LogP contribution in [0.3, 0.4) is 0 Å². The second-order valence-electron chi connectivity index (χ2n) is 11.5. The second kappa shape index (κ2) is 19.3. The Labute approximate surface area is 286 Å². The number of nitrogens with two attached hydrogens (primary N) is 1. The molecule has 1 saturated heterocycles. The number of carbonyl (C=O) groups is 9. The number of amides is 9. The molecule has 6 unspecified atom stereocenters. The average molecular weight is 712 g/mol. The number of nitrogens with one attached hydrogen (secondary N) is 8. The van der Waals surface area contributed by atoms with Crippen LogP contribution in [0.5, 0.6) is 0 Å². The quantitative estimate of drug-likeness (QED) is 0.103. The summed E-state index contributed by atoms with van der Waals surface area (Å²) in [5.41, 5.74) is 3.18. The summed E-state index contributed by atoms with van der Waals surface area (Å²) in [6.45, 7) is 3.29. The maximum atomic E-state index is 14.3. The fourth-order valence-corrected chi connectivity index (χ4v) is 5.70. The van der Waals surface area contributed by atoms with Crippen LogP contribution in [-0.2, 0) is 43.2 Å². The Kier molecular flexibility index (Phi) is 16.0. The molecule has 2 rings (SSSR count). The third-order valence-corrected chi connectivity index (χ3v) is 8.55. The number of aliphatic hydroxyl groups is 1. The predicted octanol–water partition coefficient (Wildman–Crippen LogP) is -4.39. The lowest BCUT2D eigenvalue weighted by molar-refractivity contribution is -0.138. The van der Waals surface area contributed by atoms with Crippen LogP contribution in [0, 0.1) is 0 Å². The molecule has 0 aliphatic carbocycles. The second-order valence-corrected chi connectivity index (χ2v) is 12.4. The first-order valence-electron chi connectivity index (χ1n) is 15.7. The van der Waals surface area contributed by atoms with Crippen molar-refractivity contribution < 1.29 is 48.3 Å². The molecule has 0 aromatic rings. The van der Waals surface area contributed by atoms with E-state index in [0.29, 0.717) is 6.42 Å². The van der Waals surface area contributed by atoms with Gasteiger partial charge in [0.25, 0.3) is 0 Å². The van der Waals surface area contributed by atoms with E-state index in [9.17, 15) is 48.3 Å². The summed E-state index contributed by atoms with van der Waals surface area (Å²) in [6, 6.07) is -6.81. The summed E-state index contributed by atoms with van der Waals surface area (Å²) < 4.78 is 0. The van der Waals surface area contributed by atoms with E-state index >= 15 is 0 Å². The van der Waals surface area contributed by atoms with Crippen LogP contribution in [0.15, 0.2) is 11.6 Å². The zero-order chi connectivity index (χ0) is 36.7. The third-order valence-electron chi connectivity index (χ3n) is 7.56. The van der Waals surface area contributed by atoms with Crippen molar-refractivity contribution in [3.8, 4) is 0 Å². The lowest BCUT2D eigenvalue weighted by Gasteiger charge is -2.37. The molecule has 0 aromatic carbocycles. The van der Waals surface area contributed by atoms with E-state index in [-0.39, 0.29) is 25.0 Å². The molecular weight excluding hydrogens is 666 g/mol. The average Bonchev–Trinajstić information content (AvgIpc) is 3.06. The van der Waals surface area contributed by atoms with E-state index in [2.05, 4.69) is 42.5 Å². The summed E-state index contributed by atoms with van der Waals surface area (Å²) in [7, 11) is 0. The van der Waals surface area contributed by atoms with Gasteiger partial charge in [0.1, 0.15) is 35.7 Å². The highest BCUT2D eigenvalue weighted by Crippen LogP contribution is 2.23. The van der Waals surface area contributed by atoms with Crippen molar-refractivity contribution in [2.24, 2.45) is 5.73 Å². The summed E-state index contributed by atoms with van der Waals surface area (Å²) in [4.78, 5) is 117. The normalized spacial score (nSPS) is 27.0. The van der Waals surface area contributed by atoms with Crippen LogP contribution >= 0.6 is 11.8 Å². The van der Waals surface area contributed by atoms with E-state index in [4.69, 9.17) is 5.73 Å². The minimum atomic E-state index is -2.10. The summed E-state index contributed by atoms with van der Waals surface area (Å²) in [5.74, 6) is -7.67. The highest BCUT2D eigenvalue weighted by molar-refractivity contribution is 8.02. The Balaban J connectivity index is 2.69. The van der Waals surface area contributed by atoms with Crippen molar-refractivity contribution in [3.05, 3.63) is 11.6 Å². The fourth-order valence-electron chi connectivity index (χ4n) is 4.83. The molecule has 0 bridgehead atoms. The van der Waals surface area contributed by atoms with Gasteiger partial charge in [-0.2, -0.15) is 0 Å². The molecule has 6 atom stereocenters. The first-order chi connectivity index (χ1) is 23.2. The summed E-state index contributed by atoms with van der Waals surface area (Å²) >= 11 is 0.898. The SMILES string of the molecule is CCCC1NC(=O)C(NC(=O)C(C)NC(=O)CC)CC2(CS/C=C\NC(=O)C(CO)NC(=O)C(CCC(N)=O)NC2=O)NC(=O)CNC1=O. The van der Waals surface area contributed by atoms with Crippen molar-refractivity contribution in [1.82, 2.24) is 42.5 Å². The molecule has 0 aromatic heterocycles. The van der Waals surface area contributed by atoms with Gasteiger partial charge in [0.15, 0.2) is 0 Å². The first-order valence-corrected chi connectivity index (χ1v) is 16.8. The van der Waals surface area contributed by atoms with Gasteiger partial charge in [-0.1, -0.05) is 20.3 Å². The molecule has 19 nitrogen and oxygen atoms in total. The van der Waals surface area contributed by atoms with Gasteiger partial charge in [-0.3, -0.25) is 43.2 Å². The number of carbonyl (C=O) groups excluding carboxylic acids is 9. The Hall–Kier alpha value is -4.72. The third kappa shape index (κ3) is 12.3. The minimum absolute atomic E-state index is 0.0689. The van der Waals surface area contributed by atoms with Gasteiger partial charge in [0.05, 0.1) is 13.2 Å². The lowest BCUT2D eigenvalue weighted by Crippen LogP contribution is -2.67. The standard InChI is InChI=1S/C29H45N9O10S/c1-4-6-16-24(44)32-12-22(42)38-29(11-18(27(47)34-16)35-23(43)15(3)33-21(41)5-2)14-49-10-9-31-25(45)19(13-39)36-26(46)17(37-28(29)48)7-8-20(30)40/h9-10,15-19,39H,4-8,11-14H2,1-3H3,(H2,30,40)(H,31,45)(H,32,44)(H,33,41)(H,34,47)(H,35,43)(H,36,46)(H,37,48)(H,38,42)/b10-9-. The van der Waals surface area contributed by atoms with Gasteiger partial charge in [0, 0.05) is 31.2 Å². The van der Waals surface area contributed by atoms with Crippen LogP contribution in [0.25, 0.3) is 0 Å². The molecule has 9 amide bonds. The summed E-state index contributed by atoms with van der Waals surface area (Å²) in [5, 5.41) is 30.8. The number of hydrogen-bond acceptors (Lipinski definition) is 11. The zero-order valence-corrected chi connectivity index (χ0v) is 28.3. The molecule has 2 aliphatic rings. The van der Waals surface area contributed by atoms with Gasteiger partial charge < -0.3 is 53.4 Å². The molecular formula is C29H45N9O10S. The Morgan fingerprint density at radius 1 is 0.980 bits per heavy atom. The molecule has 49 heavy (non-hydrogen) atoms. The van der Waals surface area contributed by atoms with Crippen molar-refractivity contribution in [2.45, 2.75) is 95.0 Å². The topological polar surface area (TPSA) is 296 Å². The predicted molar refractivity (Wildman–Crippen MR) is 174 cm³/mol. The van der Waals surface area contributed by atoms with Crippen molar-refractivity contribution >= 4 is 64.9 Å². The number of thioether (sulfide) groups is 1. The zero-order valence-electron chi connectivity index (χ0n) is 27.5. The smallest absolute Gasteiger partial charge is 0.248 e. The van der Waals surface area contributed by atoms with Crippen LogP contribution in [0.2, 0.25) is 0 Å². The number of primary amides is 1. The minimum Gasteiger partial charge on any atom is -0.394 e. The first kappa shape index (κ1) is 40.5. The molecule has 2 aliphatic heterocycles. The summed E-state index contributed by atoms with van der Waals surface area (Å²) in [6.07, 6.45) is 0.497. The maximum absolute atomic E-state index is 14.3. The lowest BCUT2D eigenvalue weighted by atomic mass is 9.89. The highest BCUT2D eigenvalue weighted by atomic mass is 32.2. The Morgan fingerprint density at radius 2 is 1.65 bits per heavy atom. The van der Waals surface area contributed by atoms with Gasteiger partial charge in [-0.25, -0.2) is 0 Å². The number of aliphatic hydroxyl groups excluding tert-OH is 1. The Bertz CT molecular complexity index is 1330. The van der Waals surface area contributed by atoms with Crippen molar-refractivity contribution in [1.29, 1.82) is 0 Å². The maximum Gasteiger partial charge on any atom is 0.248 e. The molecule has 0 radical (unpaired) electrons. The van der Waals surface area contributed by atoms with Gasteiger partial charge in [-0.05, 0) is 25.2 Å². The largest absolute Gasteiger partial charge is 0.394 e. The molecule has 272 valence electrons. The molecule has 0 saturated carbocycles. The van der Waals surface area contributed by atoms with Crippen LogP contribution in [-0.4, -0.2) is 113 Å². The van der Waals surface area contributed by atoms with Gasteiger partial charge in [-0.15, -0.1) is 11.8 Å². The van der Waals surface area contributed by atoms with E-state index in [1.807, 2.05) is 0 Å². The Morgan fingerprint density at radius 3 is 2.29 bits per heavy atom. The number of hydrogen-bond donors (Lipinski definition) is 10. The van der Waals surface area contributed by atoms with Gasteiger partial charge in [0.2, 0.25) is 53.2 Å². The molecule has 2 heterocycles. The highest BCUT2D eigenvalue weighted by Gasteiger charge is 2.46. The van der Waals surface area contributed by atoms with Crippen molar-refractivity contribution in [2.75, 3.05) is 18.9 Å². The molecule has 1 spiro atoms. The molecule has 11 N–H and O–H groups in total. The van der Waals surface area contributed by atoms with E-state index in [1.54, 1.807) is 13.8 Å². The van der Waals surface area contributed by atoms with Crippen molar-refractivity contribution in [3.63, 3.8) is 0 Å². The number of rotatable bonds is 10. The van der Waals surface area contributed by atoms with E-state index in [1.165, 1.54) is 18.5 Å². The van der Waals surface area contributed by atoms with E-state index in [0.717, 1.165) is 11.8 Å². The molecule has 1 fully saturated rings. The monoisotopic (exact) mass is 711 g/mol. The molecule has 20 heteroatoms. The fraction of sp³-hybridized carbons (Fsp3) is 0.621. The van der Waals surface area contributed by atoms with E-state index < -0.39 is 115 Å². The van der Waals surface area contributed by atoms with Crippen LogP contribution in [0.4, 0.5) is 0 Å². The van der Waals surface area contributed by atoms with Crippen LogP contribution < -0.4 is 48.3 Å².